The number of hydrogen-bond donors (Lipinski definition) is 1. The van der Waals surface area contributed by atoms with Gasteiger partial charge in [-0.05, 0) is 48.7 Å². The summed E-state index contributed by atoms with van der Waals surface area (Å²) in [6.07, 6.45) is 4.79. The fourth-order valence-electron chi connectivity index (χ4n) is 2.94. The van der Waals surface area contributed by atoms with Crippen LogP contribution in [0.3, 0.4) is 0 Å². The first-order chi connectivity index (χ1) is 12.5. The molecule has 0 spiro atoms. The van der Waals surface area contributed by atoms with Gasteiger partial charge in [-0.15, -0.1) is 0 Å². The zero-order chi connectivity index (χ0) is 18.6. The molecule has 0 atom stereocenters. The largest absolute Gasteiger partial charge is 0.384 e. The van der Waals surface area contributed by atoms with E-state index in [2.05, 4.69) is 9.71 Å². The monoisotopic (exact) mass is 375 g/mol. The molecule has 0 bridgehead atoms. The quantitative estimate of drug-likeness (QED) is 0.835. The lowest BCUT2D eigenvalue weighted by Gasteiger charge is -2.30. The zero-order valence-corrected chi connectivity index (χ0v) is 15.3. The number of ether oxygens (including phenoxy) is 1. The molecule has 0 radical (unpaired) electrons. The summed E-state index contributed by atoms with van der Waals surface area (Å²) in [4.78, 5) is 18.5. The average Bonchev–Trinajstić information content (AvgIpc) is 2.65. The van der Waals surface area contributed by atoms with Crippen molar-refractivity contribution in [2.75, 3.05) is 35.6 Å². The second-order valence-electron chi connectivity index (χ2n) is 6.06. The van der Waals surface area contributed by atoms with Crippen LogP contribution in [0.2, 0.25) is 0 Å². The average molecular weight is 375 g/mol. The molecule has 0 fully saturated rings. The Balaban J connectivity index is 1.82. The van der Waals surface area contributed by atoms with E-state index < -0.39 is 10.0 Å². The molecule has 1 N–H and O–H groups in total. The lowest BCUT2D eigenvalue weighted by atomic mass is 10.0. The van der Waals surface area contributed by atoms with E-state index >= 15 is 0 Å². The van der Waals surface area contributed by atoms with Crippen LogP contribution in [0.25, 0.3) is 0 Å². The second-order valence-corrected chi connectivity index (χ2v) is 7.90. The summed E-state index contributed by atoms with van der Waals surface area (Å²) in [5.74, 6) is -0.209. The molecule has 26 heavy (non-hydrogen) atoms. The highest BCUT2D eigenvalue weighted by Gasteiger charge is 2.24. The Hall–Kier alpha value is -2.45. The van der Waals surface area contributed by atoms with Gasteiger partial charge in [0, 0.05) is 37.4 Å². The molecule has 2 aromatic rings. The number of fused-ring (bicyclic) bond motifs is 1. The number of aryl methyl sites for hydroxylation is 1. The van der Waals surface area contributed by atoms with Gasteiger partial charge in [-0.25, -0.2) is 8.42 Å². The van der Waals surface area contributed by atoms with Gasteiger partial charge >= 0.3 is 0 Å². The maximum absolute atomic E-state index is 12.8. The third-order valence-electron chi connectivity index (χ3n) is 4.18. The van der Waals surface area contributed by atoms with Crippen LogP contribution in [0.4, 0.5) is 11.4 Å². The Kier molecular flexibility index (Phi) is 5.53. The van der Waals surface area contributed by atoms with Crippen molar-refractivity contribution >= 4 is 27.3 Å². The first-order valence-electron chi connectivity index (χ1n) is 8.34. The fraction of sp³-hybridized carbons (Fsp3) is 0.333. The van der Waals surface area contributed by atoms with Gasteiger partial charge in [0.15, 0.2) is 0 Å². The Morgan fingerprint density at radius 1 is 1.35 bits per heavy atom. The number of anilines is 2. The molecule has 0 aliphatic carbocycles. The summed E-state index contributed by atoms with van der Waals surface area (Å²) in [5, 5.41) is 0. The van der Waals surface area contributed by atoms with Crippen LogP contribution >= 0.6 is 0 Å². The van der Waals surface area contributed by atoms with Crippen LogP contribution in [-0.4, -0.2) is 45.3 Å². The molecule has 3 rings (SSSR count). The number of pyridine rings is 1. The van der Waals surface area contributed by atoms with E-state index in [1.807, 2.05) is 0 Å². The minimum absolute atomic E-state index is 0.104. The molecule has 138 valence electrons. The molecule has 1 aromatic carbocycles. The van der Waals surface area contributed by atoms with E-state index in [0.29, 0.717) is 17.8 Å². The van der Waals surface area contributed by atoms with E-state index in [9.17, 15) is 13.2 Å². The van der Waals surface area contributed by atoms with Crippen molar-refractivity contribution in [2.24, 2.45) is 0 Å². The number of sulfonamides is 1. The summed E-state index contributed by atoms with van der Waals surface area (Å²) < 4.78 is 31.4. The van der Waals surface area contributed by atoms with Crippen LogP contribution in [-0.2, 0) is 21.2 Å². The van der Waals surface area contributed by atoms with Crippen molar-refractivity contribution in [3.05, 3.63) is 53.9 Å². The number of benzene rings is 1. The van der Waals surface area contributed by atoms with Gasteiger partial charge in [0.2, 0.25) is 10.0 Å². The van der Waals surface area contributed by atoms with Gasteiger partial charge in [0.25, 0.3) is 5.91 Å². The van der Waals surface area contributed by atoms with E-state index in [-0.39, 0.29) is 18.3 Å². The van der Waals surface area contributed by atoms with Crippen molar-refractivity contribution in [1.82, 2.24) is 4.98 Å². The van der Waals surface area contributed by atoms with Crippen LogP contribution in [0.5, 0.6) is 0 Å². The van der Waals surface area contributed by atoms with Crippen molar-refractivity contribution in [1.29, 1.82) is 0 Å². The van der Waals surface area contributed by atoms with Crippen LogP contribution < -0.4 is 9.62 Å². The Labute approximate surface area is 153 Å². The van der Waals surface area contributed by atoms with Crippen molar-refractivity contribution in [2.45, 2.75) is 12.8 Å². The number of nitrogens with zero attached hydrogens (tertiary/aromatic N) is 2. The smallest absolute Gasteiger partial charge is 0.259 e. The predicted octanol–water partition coefficient (Wildman–Crippen LogP) is 2.06. The van der Waals surface area contributed by atoms with Crippen LogP contribution in [0.15, 0.2) is 42.7 Å². The molecule has 1 aromatic heterocycles. The molecule has 1 amide bonds. The number of carbonyl (C=O) groups is 1. The van der Waals surface area contributed by atoms with Crippen molar-refractivity contribution in [3.8, 4) is 0 Å². The molecule has 2 heterocycles. The third-order valence-corrected chi connectivity index (χ3v) is 5.43. The van der Waals surface area contributed by atoms with Gasteiger partial charge in [0.1, 0.15) is 0 Å². The van der Waals surface area contributed by atoms with E-state index in [0.717, 1.165) is 24.1 Å². The van der Waals surface area contributed by atoms with E-state index in [1.165, 1.54) is 7.11 Å². The van der Waals surface area contributed by atoms with E-state index in [4.69, 9.17) is 4.74 Å². The molecule has 0 unspecified atom stereocenters. The first kappa shape index (κ1) is 18.3. The van der Waals surface area contributed by atoms with Gasteiger partial charge in [0.05, 0.1) is 17.9 Å². The lowest BCUT2D eigenvalue weighted by molar-refractivity contribution is 0.0984. The number of carbonyl (C=O) groups excluding carboxylic acids is 1. The van der Waals surface area contributed by atoms with Gasteiger partial charge in [-0.2, -0.15) is 0 Å². The molecular formula is C18H21N3O4S. The number of rotatable bonds is 6. The Bertz CT molecular complexity index is 885. The summed E-state index contributed by atoms with van der Waals surface area (Å²) in [6.45, 7) is 0.757. The SMILES string of the molecule is COCCS(=O)(=O)Nc1ccc2c(c1)CCCN2C(=O)c1cccnc1. The number of hydrogen-bond acceptors (Lipinski definition) is 5. The first-order valence-corrected chi connectivity index (χ1v) is 9.99. The van der Waals surface area contributed by atoms with Gasteiger partial charge < -0.3 is 9.64 Å². The minimum Gasteiger partial charge on any atom is -0.384 e. The molecule has 7 nitrogen and oxygen atoms in total. The van der Waals surface area contributed by atoms with Gasteiger partial charge in [-0.3, -0.25) is 14.5 Å². The number of nitrogens with one attached hydrogen (secondary N) is 1. The standard InChI is InChI=1S/C18H21N3O4S/c1-25-10-11-26(23,24)20-16-6-7-17-14(12-16)5-3-9-21(17)18(22)15-4-2-8-19-13-15/h2,4,6-8,12-13,20H,3,5,9-11H2,1H3. The van der Waals surface area contributed by atoms with Crippen LogP contribution in [0, 0.1) is 0 Å². The lowest BCUT2D eigenvalue weighted by Crippen LogP contribution is -2.35. The summed E-state index contributed by atoms with van der Waals surface area (Å²) in [7, 11) is -2.00. The number of amides is 1. The summed E-state index contributed by atoms with van der Waals surface area (Å²) >= 11 is 0. The molecule has 1 aliphatic rings. The highest BCUT2D eigenvalue weighted by Crippen LogP contribution is 2.31. The van der Waals surface area contributed by atoms with E-state index in [1.54, 1.807) is 47.6 Å². The second kappa shape index (κ2) is 7.84. The van der Waals surface area contributed by atoms with Crippen molar-refractivity contribution < 1.29 is 17.9 Å². The Morgan fingerprint density at radius 2 is 2.19 bits per heavy atom. The summed E-state index contributed by atoms with van der Waals surface area (Å²) in [5.41, 5.74) is 2.78. The number of methoxy groups -OCH3 is 1. The normalized spacial score (nSPS) is 14.0. The van der Waals surface area contributed by atoms with Crippen molar-refractivity contribution in [3.63, 3.8) is 0 Å². The third kappa shape index (κ3) is 4.20. The fourth-order valence-corrected chi connectivity index (χ4v) is 3.91. The highest BCUT2D eigenvalue weighted by molar-refractivity contribution is 7.92. The maximum atomic E-state index is 12.8. The topological polar surface area (TPSA) is 88.6 Å². The van der Waals surface area contributed by atoms with Crippen LogP contribution in [0.1, 0.15) is 22.3 Å². The minimum atomic E-state index is -3.46. The molecule has 0 saturated heterocycles. The molecule has 8 heteroatoms. The molecule has 0 saturated carbocycles. The predicted molar refractivity (Wildman–Crippen MR) is 100.0 cm³/mol. The Morgan fingerprint density at radius 3 is 2.92 bits per heavy atom. The maximum Gasteiger partial charge on any atom is 0.259 e. The zero-order valence-electron chi connectivity index (χ0n) is 14.5. The molecule has 1 aliphatic heterocycles. The summed E-state index contributed by atoms with van der Waals surface area (Å²) in [6, 6.07) is 8.73. The highest BCUT2D eigenvalue weighted by atomic mass is 32.2. The van der Waals surface area contributed by atoms with Gasteiger partial charge in [-0.1, -0.05) is 0 Å². The molecular weight excluding hydrogens is 354 g/mol. The number of aromatic nitrogens is 1.